The number of aliphatic hydroxyl groups is 2. The Morgan fingerprint density at radius 3 is 2.42 bits per heavy atom. The van der Waals surface area contributed by atoms with E-state index >= 15 is 0 Å². The van der Waals surface area contributed by atoms with Crippen LogP contribution in [0.5, 0.6) is 0 Å². The second-order valence-electron chi connectivity index (χ2n) is 11.2. The summed E-state index contributed by atoms with van der Waals surface area (Å²) in [5.41, 5.74) is 11.4. The van der Waals surface area contributed by atoms with Gasteiger partial charge in [0.25, 0.3) is 0 Å². The molecule has 0 radical (unpaired) electrons. The van der Waals surface area contributed by atoms with Crippen LogP contribution < -0.4 is 5.73 Å². The Kier molecular flexibility index (Phi) is 4.92. The van der Waals surface area contributed by atoms with Crippen molar-refractivity contribution in [2.75, 3.05) is 12.3 Å². The number of rotatable bonds is 5. The van der Waals surface area contributed by atoms with E-state index in [0.29, 0.717) is 11.7 Å². The molecule has 4 aliphatic rings. The molecule has 2 aliphatic heterocycles. The molecule has 2 aliphatic carbocycles. The van der Waals surface area contributed by atoms with E-state index in [1.54, 1.807) is 16.9 Å². The van der Waals surface area contributed by atoms with Gasteiger partial charge in [0.1, 0.15) is 18.0 Å². The number of carbonyl (C=O) groups excluding carboxylic acids is 1. The van der Waals surface area contributed by atoms with E-state index in [9.17, 15) is 15.0 Å². The number of anilines is 1. The molecule has 4 N–H and O–H groups in total. The largest absolute Gasteiger partial charge is 0.387 e. The molecule has 2 saturated heterocycles. The second kappa shape index (κ2) is 7.98. The number of aromatic nitrogens is 4. The van der Waals surface area contributed by atoms with Crippen LogP contribution in [0.3, 0.4) is 0 Å². The highest BCUT2D eigenvalue weighted by atomic mass is 16.3. The van der Waals surface area contributed by atoms with Crippen molar-refractivity contribution in [3.05, 3.63) is 41.5 Å². The van der Waals surface area contributed by atoms with Crippen LogP contribution in [0.25, 0.3) is 16.8 Å². The first-order chi connectivity index (χ1) is 17.5. The van der Waals surface area contributed by atoms with Gasteiger partial charge in [-0.05, 0) is 69.8 Å². The minimum absolute atomic E-state index is 0.151. The number of piperidine rings is 1. The average Bonchev–Trinajstić information content (AvgIpc) is 3.56. The van der Waals surface area contributed by atoms with Crippen LogP contribution in [0.4, 0.5) is 5.82 Å². The lowest BCUT2D eigenvalue weighted by atomic mass is 9.77. The smallest absolute Gasteiger partial charge is 0.248 e. The molecule has 3 atom stereocenters. The van der Waals surface area contributed by atoms with Crippen LogP contribution in [-0.4, -0.2) is 59.3 Å². The standard InChI is InChI=1S/C27H32N6O3/c28-25-23(15-2-3-15)24(17-10-18-5-6-19(11-17)32(18)22(35)14-34)31-26-20(13-30-33(25)26)16-4-7-21(29-12-16)27(36)8-1-9-27/h4,7,12-13,15,17-19,34,36H,1-3,5-6,8-11,14,28H2/t17?,18-,19+. The minimum Gasteiger partial charge on any atom is -0.387 e. The lowest BCUT2D eigenvalue weighted by Gasteiger charge is -2.39. The molecule has 2 bridgehead atoms. The molecule has 1 amide bonds. The highest BCUT2D eigenvalue weighted by Gasteiger charge is 2.45. The number of hydrogen-bond donors (Lipinski definition) is 3. The summed E-state index contributed by atoms with van der Waals surface area (Å²) in [6.07, 6.45) is 12.0. The Labute approximate surface area is 209 Å². The maximum atomic E-state index is 12.4. The van der Waals surface area contributed by atoms with E-state index in [2.05, 4.69) is 10.1 Å². The van der Waals surface area contributed by atoms with Crippen LogP contribution in [0.15, 0.2) is 24.5 Å². The molecule has 5 heterocycles. The highest BCUT2D eigenvalue weighted by Crippen LogP contribution is 2.50. The van der Waals surface area contributed by atoms with Gasteiger partial charge in [-0.1, -0.05) is 6.07 Å². The van der Waals surface area contributed by atoms with Gasteiger partial charge in [0.15, 0.2) is 5.65 Å². The topological polar surface area (TPSA) is 130 Å². The van der Waals surface area contributed by atoms with Crippen LogP contribution in [0.2, 0.25) is 0 Å². The number of nitrogens with two attached hydrogens (primary N) is 1. The fourth-order valence-electron chi connectivity index (χ4n) is 6.84. The van der Waals surface area contributed by atoms with Crippen molar-refractivity contribution in [2.45, 2.75) is 87.3 Å². The molecule has 3 aromatic heterocycles. The van der Waals surface area contributed by atoms with Crippen LogP contribution >= 0.6 is 0 Å². The maximum Gasteiger partial charge on any atom is 0.248 e. The highest BCUT2D eigenvalue weighted by molar-refractivity contribution is 5.79. The Bertz CT molecular complexity index is 1330. The van der Waals surface area contributed by atoms with Gasteiger partial charge in [-0.15, -0.1) is 0 Å². The summed E-state index contributed by atoms with van der Waals surface area (Å²) in [6.45, 7) is -0.425. The van der Waals surface area contributed by atoms with Crippen LogP contribution in [0, 0.1) is 0 Å². The first kappa shape index (κ1) is 22.2. The van der Waals surface area contributed by atoms with Gasteiger partial charge in [-0.3, -0.25) is 9.78 Å². The molecular formula is C27H32N6O3. The van der Waals surface area contributed by atoms with E-state index < -0.39 is 12.2 Å². The van der Waals surface area contributed by atoms with Crippen LogP contribution in [0.1, 0.15) is 86.6 Å². The quantitative estimate of drug-likeness (QED) is 0.503. The third kappa shape index (κ3) is 3.29. The van der Waals surface area contributed by atoms with E-state index in [1.165, 1.54) is 0 Å². The van der Waals surface area contributed by atoms with Crippen molar-refractivity contribution in [2.24, 2.45) is 0 Å². The first-order valence-electron chi connectivity index (χ1n) is 13.2. The molecular weight excluding hydrogens is 456 g/mol. The molecule has 188 valence electrons. The van der Waals surface area contributed by atoms with Gasteiger partial charge in [0.2, 0.25) is 5.91 Å². The van der Waals surface area contributed by atoms with Gasteiger partial charge >= 0.3 is 0 Å². The Hall–Kier alpha value is -3.04. The monoisotopic (exact) mass is 488 g/mol. The number of pyridine rings is 1. The molecule has 2 saturated carbocycles. The van der Waals surface area contributed by atoms with E-state index in [1.807, 2.05) is 17.0 Å². The SMILES string of the molecule is Nc1c(C2CC2)c(C2C[C@H]3CC[C@@H](C2)N3C(=O)CO)nc2c(-c3ccc(C4(O)CCC4)nc3)cnn12. The fourth-order valence-corrected chi connectivity index (χ4v) is 6.84. The number of amides is 1. The molecule has 1 unspecified atom stereocenters. The Morgan fingerprint density at radius 2 is 1.83 bits per heavy atom. The Morgan fingerprint density at radius 1 is 1.08 bits per heavy atom. The summed E-state index contributed by atoms with van der Waals surface area (Å²) >= 11 is 0. The lowest BCUT2D eigenvalue weighted by Crippen LogP contribution is -2.47. The summed E-state index contributed by atoms with van der Waals surface area (Å²) in [5, 5.41) is 24.7. The zero-order chi connectivity index (χ0) is 24.6. The summed E-state index contributed by atoms with van der Waals surface area (Å²) in [6, 6.07) is 4.20. The lowest BCUT2D eigenvalue weighted by molar-refractivity contribution is -0.138. The molecule has 3 aromatic rings. The number of hydrogen-bond acceptors (Lipinski definition) is 7. The Balaban J connectivity index is 1.28. The molecule has 0 aromatic carbocycles. The van der Waals surface area contributed by atoms with Crippen LogP contribution in [-0.2, 0) is 10.4 Å². The predicted molar refractivity (Wildman–Crippen MR) is 133 cm³/mol. The van der Waals surface area contributed by atoms with Crippen molar-refractivity contribution >= 4 is 17.4 Å². The van der Waals surface area contributed by atoms with Gasteiger partial charge < -0.3 is 20.8 Å². The van der Waals surface area contributed by atoms with Crippen molar-refractivity contribution in [3.63, 3.8) is 0 Å². The van der Waals surface area contributed by atoms with Crippen molar-refractivity contribution < 1.29 is 15.0 Å². The molecule has 9 heteroatoms. The van der Waals surface area contributed by atoms with Crippen molar-refractivity contribution in [1.29, 1.82) is 0 Å². The van der Waals surface area contributed by atoms with Gasteiger partial charge in [0.05, 0.1) is 17.6 Å². The number of carbonyl (C=O) groups is 1. The zero-order valence-corrected chi connectivity index (χ0v) is 20.3. The second-order valence-corrected chi connectivity index (χ2v) is 11.2. The van der Waals surface area contributed by atoms with E-state index in [-0.39, 0.29) is 23.9 Å². The van der Waals surface area contributed by atoms with Gasteiger partial charge in [-0.25, -0.2) is 4.98 Å². The minimum atomic E-state index is -0.791. The molecule has 0 spiro atoms. The van der Waals surface area contributed by atoms with Gasteiger partial charge in [0, 0.05) is 40.9 Å². The normalized spacial score (nSPS) is 26.8. The number of nitrogen functional groups attached to an aromatic ring is 1. The zero-order valence-electron chi connectivity index (χ0n) is 20.3. The molecule has 7 rings (SSSR count). The summed E-state index contributed by atoms with van der Waals surface area (Å²) in [4.78, 5) is 24.1. The van der Waals surface area contributed by atoms with Crippen molar-refractivity contribution in [1.82, 2.24) is 24.5 Å². The number of aliphatic hydroxyl groups excluding tert-OH is 1. The third-order valence-corrected chi connectivity index (χ3v) is 9.01. The summed E-state index contributed by atoms with van der Waals surface area (Å²) in [5.74, 6) is 1.15. The molecule has 36 heavy (non-hydrogen) atoms. The third-order valence-electron chi connectivity index (χ3n) is 9.01. The number of fused-ring (bicyclic) bond motifs is 3. The summed E-state index contributed by atoms with van der Waals surface area (Å²) in [7, 11) is 0. The van der Waals surface area contributed by atoms with E-state index in [0.717, 1.165) is 91.5 Å². The van der Waals surface area contributed by atoms with Gasteiger partial charge in [-0.2, -0.15) is 9.61 Å². The van der Waals surface area contributed by atoms with Crippen molar-refractivity contribution in [3.8, 4) is 11.1 Å². The fraction of sp³-hybridized carbons (Fsp3) is 0.556. The average molecular weight is 489 g/mol. The summed E-state index contributed by atoms with van der Waals surface area (Å²) < 4.78 is 1.76. The number of nitrogens with zero attached hydrogens (tertiary/aromatic N) is 5. The molecule has 4 fully saturated rings. The maximum absolute atomic E-state index is 12.4. The van der Waals surface area contributed by atoms with E-state index in [4.69, 9.17) is 10.7 Å². The first-order valence-corrected chi connectivity index (χ1v) is 13.2. The molecule has 9 nitrogen and oxygen atoms in total. The predicted octanol–water partition coefficient (Wildman–Crippen LogP) is 2.85.